The highest BCUT2D eigenvalue weighted by Gasteiger charge is 2.35. The van der Waals surface area contributed by atoms with E-state index in [4.69, 9.17) is 4.42 Å². The minimum Gasteiger partial charge on any atom is -0.446 e. The van der Waals surface area contributed by atoms with E-state index in [0.717, 1.165) is 37.8 Å². The third kappa shape index (κ3) is 4.87. The van der Waals surface area contributed by atoms with Gasteiger partial charge in [-0.15, -0.1) is 0 Å². The summed E-state index contributed by atoms with van der Waals surface area (Å²) in [7, 11) is 0. The van der Waals surface area contributed by atoms with Crippen molar-refractivity contribution in [1.82, 2.24) is 15.2 Å². The van der Waals surface area contributed by atoms with E-state index in [-0.39, 0.29) is 41.8 Å². The van der Waals surface area contributed by atoms with Gasteiger partial charge in [0.1, 0.15) is 6.26 Å². The number of hydrogen-bond acceptors (Lipinski definition) is 4. The molecule has 1 heterocycles. The molecule has 154 valence electrons. The molecule has 2 saturated carbocycles. The maximum absolute atomic E-state index is 12.9. The number of alkyl halides is 3. The second-order valence-electron chi connectivity index (χ2n) is 7.24. The fraction of sp³-hybridized carbons (Fsp3) is 0.421. The summed E-state index contributed by atoms with van der Waals surface area (Å²) in [6, 6.07) is 4.04. The Morgan fingerprint density at radius 3 is 2.62 bits per heavy atom. The van der Waals surface area contributed by atoms with Crippen molar-refractivity contribution in [3.05, 3.63) is 47.7 Å². The first-order valence-corrected chi connectivity index (χ1v) is 9.30. The van der Waals surface area contributed by atoms with Crippen LogP contribution in [0, 0.1) is 0 Å². The molecular weight excluding hydrogens is 389 g/mol. The molecule has 0 atom stereocenters. The molecule has 0 radical (unpaired) electrons. The van der Waals surface area contributed by atoms with Gasteiger partial charge in [-0.2, -0.15) is 13.2 Å². The smallest absolute Gasteiger partial charge is 0.416 e. The lowest BCUT2D eigenvalue weighted by atomic mass is 10.2. The predicted molar refractivity (Wildman–Crippen MR) is 96.0 cm³/mol. The Bertz CT molecular complexity index is 919. The van der Waals surface area contributed by atoms with Crippen LogP contribution in [0.15, 0.2) is 34.9 Å². The number of benzene rings is 1. The summed E-state index contributed by atoms with van der Waals surface area (Å²) in [5.74, 6) is -0.133. The van der Waals surface area contributed by atoms with Crippen LogP contribution < -0.4 is 10.6 Å². The third-order valence-electron chi connectivity index (χ3n) is 4.69. The van der Waals surface area contributed by atoms with Gasteiger partial charge in [-0.25, -0.2) is 9.78 Å². The molecule has 0 bridgehead atoms. The molecule has 0 spiro atoms. The number of amides is 3. The molecular formula is C19H19F3N4O3. The first-order valence-electron chi connectivity index (χ1n) is 9.30. The zero-order valence-electron chi connectivity index (χ0n) is 15.3. The van der Waals surface area contributed by atoms with E-state index in [0.29, 0.717) is 0 Å². The van der Waals surface area contributed by atoms with E-state index < -0.39 is 17.8 Å². The Morgan fingerprint density at radius 2 is 1.97 bits per heavy atom. The number of aromatic nitrogens is 1. The quantitative estimate of drug-likeness (QED) is 0.762. The van der Waals surface area contributed by atoms with Crippen molar-refractivity contribution in [2.45, 2.75) is 50.5 Å². The molecule has 29 heavy (non-hydrogen) atoms. The van der Waals surface area contributed by atoms with Crippen LogP contribution in [-0.4, -0.2) is 33.9 Å². The van der Waals surface area contributed by atoms with Gasteiger partial charge in [0.05, 0.1) is 12.1 Å². The molecule has 10 heteroatoms. The minimum atomic E-state index is -4.49. The van der Waals surface area contributed by atoms with Crippen molar-refractivity contribution in [1.29, 1.82) is 0 Å². The summed E-state index contributed by atoms with van der Waals surface area (Å²) in [5, 5.41) is 5.30. The highest BCUT2D eigenvalue weighted by molar-refractivity contribution is 5.92. The number of carbonyl (C=O) groups excluding carboxylic acids is 2. The van der Waals surface area contributed by atoms with Crippen molar-refractivity contribution in [3.8, 4) is 0 Å². The number of nitrogens with zero attached hydrogens (tertiary/aromatic N) is 2. The van der Waals surface area contributed by atoms with Crippen molar-refractivity contribution in [3.63, 3.8) is 0 Å². The van der Waals surface area contributed by atoms with Crippen LogP contribution in [-0.2, 0) is 12.7 Å². The second-order valence-corrected chi connectivity index (χ2v) is 7.24. The summed E-state index contributed by atoms with van der Waals surface area (Å²) in [6.07, 6.45) is 0.204. The third-order valence-corrected chi connectivity index (χ3v) is 4.69. The molecule has 7 nitrogen and oxygen atoms in total. The number of hydrogen-bond donors (Lipinski definition) is 2. The minimum absolute atomic E-state index is 0.0200. The van der Waals surface area contributed by atoms with Gasteiger partial charge in [-0.3, -0.25) is 4.79 Å². The molecule has 2 fully saturated rings. The Labute approximate surface area is 164 Å². The summed E-state index contributed by atoms with van der Waals surface area (Å²) in [4.78, 5) is 30.2. The SMILES string of the molecule is O=C(NC1CC1)c1coc(CN(C(=O)Nc2cccc(C(F)(F)F)c2)C2CC2)n1. The highest BCUT2D eigenvalue weighted by Crippen LogP contribution is 2.32. The summed E-state index contributed by atoms with van der Waals surface area (Å²) >= 11 is 0. The molecule has 1 aromatic carbocycles. The summed E-state index contributed by atoms with van der Waals surface area (Å²) in [6.45, 7) is 0.0200. The summed E-state index contributed by atoms with van der Waals surface area (Å²) < 4.78 is 43.9. The highest BCUT2D eigenvalue weighted by atomic mass is 19.4. The Balaban J connectivity index is 1.42. The number of urea groups is 1. The molecule has 2 aliphatic carbocycles. The predicted octanol–water partition coefficient (Wildman–Crippen LogP) is 3.78. The first-order chi connectivity index (χ1) is 13.8. The van der Waals surface area contributed by atoms with Crippen LogP contribution in [0.25, 0.3) is 0 Å². The number of anilines is 1. The number of halogens is 3. The van der Waals surface area contributed by atoms with Crippen LogP contribution in [0.1, 0.15) is 47.6 Å². The van der Waals surface area contributed by atoms with E-state index in [2.05, 4.69) is 15.6 Å². The van der Waals surface area contributed by atoms with Gasteiger partial charge in [0, 0.05) is 17.8 Å². The lowest BCUT2D eigenvalue weighted by Gasteiger charge is -2.21. The number of carbonyl (C=O) groups is 2. The first kappa shape index (κ1) is 19.3. The molecule has 2 aromatic rings. The Morgan fingerprint density at radius 1 is 1.21 bits per heavy atom. The van der Waals surface area contributed by atoms with Gasteiger partial charge in [0.15, 0.2) is 5.69 Å². The van der Waals surface area contributed by atoms with E-state index in [1.807, 2.05) is 0 Å². The molecule has 4 rings (SSSR count). The van der Waals surface area contributed by atoms with Crippen LogP contribution >= 0.6 is 0 Å². The van der Waals surface area contributed by atoms with Crippen LogP contribution in [0.2, 0.25) is 0 Å². The average molecular weight is 408 g/mol. The largest absolute Gasteiger partial charge is 0.446 e. The van der Waals surface area contributed by atoms with Crippen LogP contribution in [0.5, 0.6) is 0 Å². The van der Waals surface area contributed by atoms with Crippen LogP contribution in [0.4, 0.5) is 23.7 Å². The van der Waals surface area contributed by atoms with E-state index >= 15 is 0 Å². The monoisotopic (exact) mass is 408 g/mol. The molecule has 0 aliphatic heterocycles. The van der Waals surface area contributed by atoms with Gasteiger partial charge >= 0.3 is 12.2 Å². The maximum atomic E-state index is 12.9. The molecule has 2 N–H and O–H groups in total. The average Bonchev–Trinajstić information content (AvgIpc) is 3.59. The van der Waals surface area contributed by atoms with Gasteiger partial charge in [0.25, 0.3) is 5.91 Å². The van der Waals surface area contributed by atoms with Gasteiger partial charge in [-0.05, 0) is 43.9 Å². The Hall–Kier alpha value is -3.04. The Kier molecular flexibility index (Phi) is 4.93. The zero-order chi connectivity index (χ0) is 20.6. The summed E-state index contributed by atoms with van der Waals surface area (Å²) in [5.41, 5.74) is -0.652. The lowest BCUT2D eigenvalue weighted by molar-refractivity contribution is -0.137. The lowest BCUT2D eigenvalue weighted by Crippen LogP contribution is -2.36. The van der Waals surface area contributed by atoms with Crippen molar-refractivity contribution in [2.75, 3.05) is 5.32 Å². The topological polar surface area (TPSA) is 87.5 Å². The van der Waals surface area contributed by atoms with Gasteiger partial charge in [-0.1, -0.05) is 6.07 Å². The van der Waals surface area contributed by atoms with Crippen molar-refractivity contribution < 1.29 is 27.2 Å². The molecule has 3 amide bonds. The van der Waals surface area contributed by atoms with Gasteiger partial charge in [0.2, 0.25) is 5.89 Å². The number of nitrogens with one attached hydrogen (secondary N) is 2. The second kappa shape index (κ2) is 7.41. The van der Waals surface area contributed by atoms with E-state index in [1.54, 1.807) is 0 Å². The van der Waals surface area contributed by atoms with E-state index in [1.165, 1.54) is 23.3 Å². The van der Waals surface area contributed by atoms with Crippen molar-refractivity contribution >= 4 is 17.6 Å². The van der Waals surface area contributed by atoms with Crippen molar-refractivity contribution in [2.24, 2.45) is 0 Å². The molecule has 1 aromatic heterocycles. The fourth-order valence-electron chi connectivity index (χ4n) is 2.84. The molecule has 2 aliphatic rings. The van der Waals surface area contributed by atoms with Crippen LogP contribution in [0.3, 0.4) is 0 Å². The standard InChI is InChI=1S/C19H19F3N4O3/c20-19(21,22)11-2-1-3-13(8-11)24-18(28)26(14-6-7-14)9-16-25-15(10-29-16)17(27)23-12-4-5-12/h1-3,8,10,12,14H,4-7,9H2,(H,23,27)(H,24,28). The molecule has 0 unspecified atom stereocenters. The fourth-order valence-corrected chi connectivity index (χ4v) is 2.84. The normalized spacial score (nSPS) is 16.4. The number of oxazole rings is 1. The zero-order valence-corrected chi connectivity index (χ0v) is 15.3. The van der Waals surface area contributed by atoms with E-state index in [9.17, 15) is 22.8 Å². The maximum Gasteiger partial charge on any atom is 0.416 e. The van der Waals surface area contributed by atoms with Gasteiger partial charge < -0.3 is 20.0 Å². The molecule has 0 saturated heterocycles. The number of rotatable bonds is 6.